The van der Waals surface area contributed by atoms with Crippen molar-refractivity contribution in [2.45, 2.75) is 20.3 Å². The predicted molar refractivity (Wildman–Crippen MR) is 135 cm³/mol. The van der Waals surface area contributed by atoms with E-state index < -0.39 is 0 Å². The molecule has 0 bridgehead atoms. The normalized spacial score (nSPS) is 11.7. The van der Waals surface area contributed by atoms with Crippen molar-refractivity contribution >= 4 is 45.8 Å². The van der Waals surface area contributed by atoms with Gasteiger partial charge in [0.25, 0.3) is 5.91 Å². The number of nitrogen functional groups attached to an aromatic ring is 1. The van der Waals surface area contributed by atoms with Crippen LogP contribution in [0.15, 0.2) is 53.6 Å². The van der Waals surface area contributed by atoms with Crippen molar-refractivity contribution in [2.75, 3.05) is 31.3 Å². The van der Waals surface area contributed by atoms with Gasteiger partial charge in [-0.1, -0.05) is 38.1 Å². The van der Waals surface area contributed by atoms with Crippen molar-refractivity contribution in [1.82, 2.24) is 20.0 Å². The summed E-state index contributed by atoms with van der Waals surface area (Å²) < 4.78 is 1.49. The molecule has 0 radical (unpaired) electrons. The van der Waals surface area contributed by atoms with Gasteiger partial charge in [-0.25, -0.2) is 9.97 Å². The highest BCUT2D eigenvalue weighted by Gasteiger charge is 2.23. The quantitative estimate of drug-likeness (QED) is 0.422. The Morgan fingerprint density at radius 3 is 2.42 bits per heavy atom. The third kappa shape index (κ3) is 4.64. The number of amides is 1. The Bertz CT molecular complexity index is 1320. The number of benzene rings is 2. The van der Waals surface area contributed by atoms with E-state index in [2.05, 4.69) is 24.3 Å². The minimum absolute atomic E-state index is 0.212. The monoisotopic (exact) mass is 443 g/mol. The van der Waals surface area contributed by atoms with Crippen LogP contribution >= 0.6 is 0 Å². The summed E-state index contributed by atoms with van der Waals surface area (Å²) in [7, 11) is 3.99. The molecule has 0 saturated carbocycles. The van der Waals surface area contributed by atoms with E-state index in [9.17, 15) is 4.79 Å². The van der Waals surface area contributed by atoms with Crippen LogP contribution in [0.4, 0.5) is 11.5 Å². The summed E-state index contributed by atoms with van der Waals surface area (Å²) in [6.45, 7) is 4.79. The SMILES string of the molecule is CC(C)CCNC(=O)c1c(N)n(/N=C\c2ccc(N(C)C)cc2)c2nc3ccccc3nc12. The van der Waals surface area contributed by atoms with Crippen molar-refractivity contribution < 1.29 is 4.79 Å². The second kappa shape index (κ2) is 9.28. The highest BCUT2D eigenvalue weighted by molar-refractivity contribution is 6.10. The third-order valence-corrected chi connectivity index (χ3v) is 5.44. The molecule has 0 aliphatic rings. The molecule has 0 saturated heterocycles. The molecule has 4 rings (SSSR count). The molecule has 0 spiro atoms. The summed E-state index contributed by atoms with van der Waals surface area (Å²) in [5.74, 6) is 0.423. The van der Waals surface area contributed by atoms with Gasteiger partial charge in [0.1, 0.15) is 16.9 Å². The number of carbonyl (C=O) groups excluding carboxylic acids is 1. The lowest BCUT2D eigenvalue weighted by Gasteiger charge is -2.11. The van der Waals surface area contributed by atoms with Crippen LogP contribution in [0, 0.1) is 5.92 Å². The first-order valence-electron chi connectivity index (χ1n) is 11.0. The van der Waals surface area contributed by atoms with Gasteiger partial charge in [-0.3, -0.25) is 4.79 Å². The zero-order valence-corrected chi connectivity index (χ0v) is 19.4. The second-order valence-electron chi connectivity index (χ2n) is 8.63. The lowest BCUT2D eigenvalue weighted by atomic mass is 10.1. The van der Waals surface area contributed by atoms with Gasteiger partial charge >= 0.3 is 0 Å². The largest absolute Gasteiger partial charge is 0.383 e. The molecule has 33 heavy (non-hydrogen) atoms. The van der Waals surface area contributed by atoms with Crippen molar-refractivity contribution in [3.05, 3.63) is 59.7 Å². The van der Waals surface area contributed by atoms with Gasteiger partial charge in [0.2, 0.25) is 0 Å². The summed E-state index contributed by atoms with van der Waals surface area (Å²) in [6.07, 6.45) is 2.58. The van der Waals surface area contributed by atoms with Crippen LogP contribution < -0.4 is 16.0 Å². The van der Waals surface area contributed by atoms with Crippen molar-refractivity contribution in [1.29, 1.82) is 0 Å². The Hall–Kier alpha value is -3.94. The molecule has 8 heteroatoms. The number of nitrogens with zero attached hydrogens (tertiary/aromatic N) is 5. The number of aromatic nitrogens is 3. The number of rotatable bonds is 7. The molecular weight excluding hydrogens is 414 g/mol. The number of hydrogen-bond acceptors (Lipinski definition) is 6. The number of nitrogens with one attached hydrogen (secondary N) is 1. The Morgan fingerprint density at radius 2 is 1.79 bits per heavy atom. The minimum atomic E-state index is -0.271. The molecule has 0 atom stereocenters. The number of nitrogens with two attached hydrogens (primary N) is 1. The average molecular weight is 444 g/mol. The molecule has 0 unspecified atom stereocenters. The van der Waals surface area contributed by atoms with Crippen LogP contribution in [0.3, 0.4) is 0 Å². The van der Waals surface area contributed by atoms with Gasteiger partial charge in [-0.2, -0.15) is 9.78 Å². The maximum atomic E-state index is 13.1. The maximum absolute atomic E-state index is 13.1. The fourth-order valence-corrected chi connectivity index (χ4v) is 3.53. The summed E-state index contributed by atoms with van der Waals surface area (Å²) in [4.78, 5) is 24.5. The van der Waals surface area contributed by atoms with E-state index in [1.54, 1.807) is 6.21 Å². The minimum Gasteiger partial charge on any atom is -0.383 e. The molecule has 4 aromatic rings. The molecule has 2 aromatic carbocycles. The molecule has 170 valence electrons. The summed E-state index contributed by atoms with van der Waals surface area (Å²) in [5, 5.41) is 7.53. The third-order valence-electron chi connectivity index (χ3n) is 5.44. The summed E-state index contributed by atoms with van der Waals surface area (Å²) in [6, 6.07) is 15.5. The first-order valence-corrected chi connectivity index (χ1v) is 11.0. The van der Waals surface area contributed by atoms with Crippen molar-refractivity contribution in [3.8, 4) is 0 Å². The number of anilines is 2. The second-order valence-corrected chi connectivity index (χ2v) is 8.63. The Morgan fingerprint density at radius 1 is 1.12 bits per heavy atom. The molecule has 8 nitrogen and oxygen atoms in total. The fraction of sp³-hybridized carbons (Fsp3) is 0.280. The number of hydrogen-bond donors (Lipinski definition) is 2. The van der Waals surface area contributed by atoms with E-state index in [1.807, 2.05) is 67.5 Å². The fourth-order valence-electron chi connectivity index (χ4n) is 3.53. The Balaban J connectivity index is 1.78. The molecule has 3 N–H and O–H groups in total. The molecule has 0 aliphatic carbocycles. The lowest BCUT2D eigenvalue weighted by molar-refractivity contribution is 0.0954. The highest BCUT2D eigenvalue weighted by atomic mass is 16.1. The Labute approximate surface area is 193 Å². The van der Waals surface area contributed by atoms with Crippen LogP contribution in [0.1, 0.15) is 36.2 Å². The lowest BCUT2D eigenvalue weighted by Crippen LogP contribution is -2.26. The van der Waals surface area contributed by atoms with Gasteiger partial charge in [0, 0.05) is 26.3 Å². The highest BCUT2D eigenvalue weighted by Crippen LogP contribution is 2.28. The van der Waals surface area contributed by atoms with E-state index >= 15 is 0 Å². The zero-order valence-electron chi connectivity index (χ0n) is 19.4. The summed E-state index contributed by atoms with van der Waals surface area (Å²) in [5.41, 5.74) is 11.0. The first-order chi connectivity index (χ1) is 15.8. The van der Waals surface area contributed by atoms with Gasteiger partial charge in [-0.05, 0) is 42.2 Å². The van der Waals surface area contributed by atoms with Crippen molar-refractivity contribution in [2.24, 2.45) is 11.0 Å². The van der Waals surface area contributed by atoms with Crippen LogP contribution in [0.25, 0.3) is 22.2 Å². The van der Waals surface area contributed by atoms with Crippen LogP contribution in [-0.2, 0) is 0 Å². The van der Waals surface area contributed by atoms with E-state index in [0.29, 0.717) is 40.2 Å². The van der Waals surface area contributed by atoms with Gasteiger partial charge < -0.3 is 16.0 Å². The van der Waals surface area contributed by atoms with Crippen molar-refractivity contribution in [3.63, 3.8) is 0 Å². The molecule has 1 amide bonds. The number of para-hydroxylation sites is 2. The van der Waals surface area contributed by atoms with Crippen LogP contribution in [0.2, 0.25) is 0 Å². The van der Waals surface area contributed by atoms with E-state index in [4.69, 9.17) is 15.7 Å². The molecular formula is C25H29N7O. The van der Waals surface area contributed by atoms with E-state index in [0.717, 1.165) is 17.7 Å². The van der Waals surface area contributed by atoms with E-state index in [-0.39, 0.29) is 11.7 Å². The van der Waals surface area contributed by atoms with Gasteiger partial charge in [0.05, 0.1) is 17.2 Å². The first kappa shape index (κ1) is 22.3. The summed E-state index contributed by atoms with van der Waals surface area (Å²) >= 11 is 0. The molecule has 0 aliphatic heterocycles. The average Bonchev–Trinajstić information content (AvgIpc) is 3.06. The Kier molecular flexibility index (Phi) is 6.26. The van der Waals surface area contributed by atoms with Crippen LogP contribution in [-0.4, -0.2) is 47.4 Å². The van der Waals surface area contributed by atoms with E-state index in [1.165, 1.54) is 4.68 Å². The maximum Gasteiger partial charge on any atom is 0.257 e. The van der Waals surface area contributed by atoms with Gasteiger partial charge in [0.15, 0.2) is 5.65 Å². The zero-order chi connectivity index (χ0) is 23.5. The predicted octanol–water partition coefficient (Wildman–Crippen LogP) is 3.89. The van der Waals surface area contributed by atoms with Gasteiger partial charge in [-0.15, -0.1) is 0 Å². The van der Waals surface area contributed by atoms with Crippen LogP contribution in [0.5, 0.6) is 0 Å². The molecule has 0 fully saturated rings. The topological polar surface area (TPSA) is 101 Å². The standard InChI is InChI=1S/C25H29N7O/c1-16(2)13-14-27-25(33)21-22-24(30-20-8-6-5-7-19(20)29-22)32(23(21)26)28-15-17-9-11-18(12-10-17)31(3)4/h5-12,15-16H,13-14,26H2,1-4H3,(H,27,33)/b28-15-. The smallest absolute Gasteiger partial charge is 0.257 e. The number of fused-ring (bicyclic) bond motifs is 2. The molecule has 2 aromatic heterocycles. The number of carbonyl (C=O) groups is 1. The molecule has 2 heterocycles.